The molecule has 3 rings (SSSR count). The van der Waals surface area contributed by atoms with Crippen LogP contribution >= 0.6 is 11.6 Å². The average Bonchev–Trinajstić information content (AvgIpc) is 2.70. The quantitative estimate of drug-likeness (QED) is 0.556. The van der Waals surface area contributed by atoms with Gasteiger partial charge in [0.05, 0.1) is 5.02 Å². The summed E-state index contributed by atoms with van der Waals surface area (Å²) in [7, 11) is 1.55. The molecule has 0 bridgehead atoms. The van der Waals surface area contributed by atoms with Gasteiger partial charge in [-0.3, -0.25) is 4.79 Å². The fourth-order valence-corrected chi connectivity index (χ4v) is 2.40. The van der Waals surface area contributed by atoms with E-state index in [1.165, 1.54) is 18.5 Å². The monoisotopic (exact) mass is 401 g/mol. The highest BCUT2D eigenvalue weighted by atomic mass is 35.5. The van der Waals surface area contributed by atoms with Gasteiger partial charge in [-0.15, -0.1) is 0 Å². The zero-order valence-corrected chi connectivity index (χ0v) is 15.6. The molecule has 1 amide bonds. The number of rotatable bonds is 7. The molecule has 3 N–H and O–H groups in total. The SMILES string of the molecule is CNC(=O)COc1ccc(Nc2cc(Nc3ccc(F)c(Cl)c3)ncn2)cc1. The van der Waals surface area contributed by atoms with Gasteiger partial charge >= 0.3 is 0 Å². The molecule has 144 valence electrons. The van der Waals surface area contributed by atoms with Crippen molar-refractivity contribution in [2.24, 2.45) is 0 Å². The van der Waals surface area contributed by atoms with Crippen molar-refractivity contribution in [2.45, 2.75) is 0 Å². The summed E-state index contributed by atoms with van der Waals surface area (Å²) < 4.78 is 18.6. The Kier molecular flexibility index (Phi) is 6.23. The Balaban J connectivity index is 1.64. The molecule has 0 aliphatic carbocycles. The maximum atomic E-state index is 13.3. The number of carbonyl (C=O) groups is 1. The molecule has 0 spiro atoms. The number of halogens is 2. The number of anilines is 4. The van der Waals surface area contributed by atoms with Crippen LogP contribution in [-0.4, -0.2) is 29.5 Å². The van der Waals surface area contributed by atoms with Gasteiger partial charge in [0.1, 0.15) is 29.5 Å². The number of nitrogens with one attached hydrogen (secondary N) is 3. The molecule has 3 aromatic rings. The summed E-state index contributed by atoms with van der Waals surface area (Å²) in [5.41, 5.74) is 1.38. The van der Waals surface area contributed by atoms with E-state index in [0.29, 0.717) is 23.1 Å². The number of ether oxygens (including phenoxy) is 1. The summed E-state index contributed by atoms with van der Waals surface area (Å²) in [5, 5.41) is 8.69. The van der Waals surface area contributed by atoms with Crippen LogP contribution in [0.1, 0.15) is 0 Å². The van der Waals surface area contributed by atoms with Crippen LogP contribution in [0.5, 0.6) is 5.75 Å². The van der Waals surface area contributed by atoms with Crippen LogP contribution < -0.4 is 20.7 Å². The molecular formula is C19H17ClFN5O2. The molecule has 0 unspecified atom stereocenters. The van der Waals surface area contributed by atoms with Crippen molar-refractivity contribution in [1.29, 1.82) is 0 Å². The molecule has 1 heterocycles. The summed E-state index contributed by atoms with van der Waals surface area (Å²) in [4.78, 5) is 19.5. The molecule has 7 nitrogen and oxygen atoms in total. The molecule has 0 saturated carbocycles. The lowest BCUT2D eigenvalue weighted by Gasteiger charge is -2.10. The number of hydrogen-bond donors (Lipinski definition) is 3. The van der Waals surface area contributed by atoms with Gasteiger partial charge in [-0.2, -0.15) is 0 Å². The van der Waals surface area contributed by atoms with Crippen LogP contribution in [-0.2, 0) is 4.79 Å². The largest absolute Gasteiger partial charge is 0.484 e. The van der Waals surface area contributed by atoms with E-state index < -0.39 is 5.82 Å². The van der Waals surface area contributed by atoms with Crippen LogP contribution in [0.15, 0.2) is 54.9 Å². The van der Waals surface area contributed by atoms with Gasteiger partial charge in [0.2, 0.25) is 0 Å². The van der Waals surface area contributed by atoms with Gasteiger partial charge in [0.25, 0.3) is 5.91 Å². The third-order valence-corrected chi connectivity index (χ3v) is 3.92. The summed E-state index contributed by atoms with van der Waals surface area (Å²) in [5.74, 6) is 0.966. The van der Waals surface area contributed by atoms with Crippen LogP contribution in [0.3, 0.4) is 0 Å². The van der Waals surface area contributed by atoms with E-state index in [9.17, 15) is 9.18 Å². The number of aromatic nitrogens is 2. The Hall–Kier alpha value is -3.39. The number of carbonyl (C=O) groups excluding carboxylic acids is 1. The zero-order chi connectivity index (χ0) is 19.9. The maximum Gasteiger partial charge on any atom is 0.257 e. The second-order valence-corrected chi connectivity index (χ2v) is 6.06. The highest BCUT2D eigenvalue weighted by Gasteiger charge is 2.05. The molecule has 0 aliphatic rings. The van der Waals surface area contributed by atoms with E-state index in [1.807, 2.05) is 0 Å². The summed E-state index contributed by atoms with van der Waals surface area (Å²) in [6, 6.07) is 13.1. The van der Waals surface area contributed by atoms with Crippen molar-refractivity contribution in [3.05, 3.63) is 65.7 Å². The van der Waals surface area contributed by atoms with Gasteiger partial charge in [-0.1, -0.05) is 11.6 Å². The summed E-state index contributed by atoms with van der Waals surface area (Å²) in [6.07, 6.45) is 1.40. The van der Waals surface area contributed by atoms with Crippen molar-refractivity contribution in [3.63, 3.8) is 0 Å². The predicted molar refractivity (Wildman–Crippen MR) is 106 cm³/mol. The van der Waals surface area contributed by atoms with E-state index in [-0.39, 0.29) is 17.5 Å². The van der Waals surface area contributed by atoms with E-state index >= 15 is 0 Å². The van der Waals surface area contributed by atoms with Crippen LogP contribution in [0.4, 0.5) is 27.4 Å². The minimum atomic E-state index is -0.486. The fraction of sp³-hybridized carbons (Fsp3) is 0.105. The van der Waals surface area contributed by atoms with Crippen molar-refractivity contribution in [2.75, 3.05) is 24.3 Å². The Morgan fingerprint density at radius 2 is 1.68 bits per heavy atom. The third kappa shape index (κ3) is 5.31. The highest BCUT2D eigenvalue weighted by molar-refractivity contribution is 6.31. The van der Waals surface area contributed by atoms with Crippen LogP contribution in [0.25, 0.3) is 0 Å². The van der Waals surface area contributed by atoms with E-state index in [2.05, 4.69) is 25.9 Å². The topological polar surface area (TPSA) is 88.2 Å². The molecule has 28 heavy (non-hydrogen) atoms. The van der Waals surface area contributed by atoms with Crippen molar-refractivity contribution in [1.82, 2.24) is 15.3 Å². The number of likely N-dealkylation sites (N-methyl/N-ethyl adjacent to an activating group) is 1. The Morgan fingerprint density at radius 1 is 1.04 bits per heavy atom. The number of amides is 1. The standard InChI is InChI=1S/C19H17ClFN5O2/c1-22-19(27)10-28-14-5-2-12(3-6-14)25-17-9-18(24-11-23-17)26-13-4-7-16(21)15(20)8-13/h2-9,11H,10H2,1H3,(H,22,27)(H2,23,24,25,26). The molecule has 0 radical (unpaired) electrons. The second-order valence-electron chi connectivity index (χ2n) is 5.65. The van der Waals surface area contributed by atoms with Gasteiger partial charge < -0.3 is 20.7 Å². The predicted octanol–water partition coefficient (Wildman–Crippen LogP) is 3.88. The molecule has 0 fully saturated rings. The first kappa shape index (κ1) is 19.4. The van der Waals surface area contributed by atoms with E-state index in [1.54, 1.807) is 43.4 Å². The van der Waals surface area contributed by atoms with E-state index in [0.717, 1.165) is 5.69 Å². The average molecular weight is 402 g/mol. The highest BCUT2D eigenvalue weighted by Crippen LogP contribution is 2.24. The van der Waals surface area contributed by atoms with E-state index in [4.69, 9.17) is 16.3 Å². The number of hydrogen-bond acceptors (Lipinski definition) is 6. The van der Waals surface area contributed by atoms with Gasteiger partial charge in [0.15, 0.2) is 6.61 Å². The van der Waals surface area contributed by atoms with Gasteiger partial charge in [-0.05, 0) is 42.5 Å². The fourth-order valence-electron chi connectivity index (χ4n) is 2.22. The maximum absolute atomic E-state index is 13.3. The smallest absolute Gasteiger partial charge is 0.257 e. The Morgan fingerprint density at radius 3 is 2.32 bits per heavy atom. The first-order valence-electron chi connectivity index (χ1n) is 8.28. The lowest BCUT2D eigenvalue weighted by molar-refractivity contribution is -0.122. The first-order valence-corrected chi connectivity index (χ1v) is 8.66. The molecular weight excluding hydrogens is 385 g/mol. The molecule has 1 aromatic heterocycles. The van der Waals surface area contributed by atoms with Crippen molar-refractivity contribution in [3.8, 4) is 5.75 Å². The third-order valence-electron chi connectivity index (χ3n) is 3.63. The van der Waals surface area contributed by atoms with Gasteiger partial charge in [0, 0.05) is 24.5 Å². The van der Waals surface area contributed by atoms with Crippen LogP contribution in [0, 0.1) is 5.82 Å². The van der Waals surface area contributed by atoms with Crippen LogP contribution in [0.2, 0.25) is 5.02 Å². The molecule has 0 saturated heterocycles. The Bertz CT molecular complexity index is 969. The van der Waals surface area contributed by atoms with Gasteiger partial charge in [-0.25, -0.2) is 14.4 Å². The number of benzene rings is 2. The lowest BCUT2D eigenvalue weighted by atomic mass is 10.3. The second kappa shape index (κ2) is 9.01. The summed E-state index contributed by atoms with van der Waals surface area (Å²) >= 11 is 5.79. The molecule has 0 aliphatic heterocycles. The zero-order valence-electron chi connectivity index (χ0n) is 14.9. The molecule has 2 aromatic carbocycles. The summed E-state index contributed by atoms with van der Waals surface area (Å²) in [6.45, 7) is -0.0440. The number of nitrogens with zero attached hydrogens (tertiary/aromatic N) is 2. The van der Waals surface area contributed by atoms with Crippen molar-refractivity contribution >= 4 is 40.5 Å². The van der Waals surface area contributed by atoms with Crippen molar-refractivity contribution < 1.29 is 13.9 Å². The minimum Gasteiger partial charge on any atom is -0.484 e. The Labute approximate surface area is 165 Å². The molecule has 0 atom stereocenters. The lowest BCUT2D eigenvalue weighted by Crippen LogP contribution is -2.24. The molecule has 9 heteroatoms. The normalized spacial score (nSPS) is 10.2. The first-order chi connectivity index (χ1) is 13.5. The minimum absolute atomic E-state index is 0.0242.